The second-order valence-electron chi connectivity index (χ2n) is 4.68. The summed E-state index contributed by atoms with van der Waals surface area (Å²) in [4.78, 5) is 0. The highest BCUT2D eigenvalue weighted by Crippen LogP contribution is 2.19. The predicted molar refractivity (Wildman–Crippen MR) is 90.0 cm³/mol. The third-order valence-electron chi connectivity index (χ3n) is 2.84. The molecule has 1 aromatic carbocycles. The van der Waals surface area contributed by atoms with Crippen LogP contribution in [0.5, 0.6) is 5.75 Å². The summed E-state index contributed by atoms with van der Waals surface area (Å²) in [5.74, 6) is 6.63. The lowest BCUT2D eigenvalue weighted by Gasteiger charge is -2.00. The number of thiophene rings is 1. The monoisotopic (exact) mass is 332 g/mol. The van der Waals surface area contributed by atoms with Gasteiger partial charge in [0.05, 0.1) is 12.9 Å². The van der Waals surface area contributed by atoms with Crippen LogP contribution in [0.25, 0.3) is 0 Å². The first-order chi connectivity index (χ1) is 10.5. The lowest BCUT2D eigenvalue weighted by atomic mass is 10.2. The lowest BCUT2D eigenvalue weighted by Crippen LogP contribution is -2.05. The molecule has 0 saturated carbocycles. The fourth-order valence-electron chi connectivity index (χ4n) is 1.77. The SMILES string of the molecule is COc1ccc(C#C/C=C(/C)CS(=O)(=O)c2cccs2)cc1. The summed E-state index contributed by atoms with van der Waals surface area (Å²) in [5.41, 5.74) is 1.57. The fourth-order valence-corrected chi connectivity index (χ4v) is 4.26. The van der Waals surface area contributed by atoms with E-state index >= 15 is 0 Å². The van der Waals surface area contributed by atoms with Gasteiger partial charge < -0.3 is 4.74 Å². The van der Waals surface area contributed by atoms with Crippen molar-refractivity contribution < 1.29 is 13.2 Å². The van der Waals surface area contributed by atoms with Crippen LogP contribution in [0.15, 0.2) is 57.6 Å². The van der Waals surface area contributed by atoms with E-state index in [4.69, 9.17) is 4.74 Å². The molecule has 0 saturated heterocycles. The predicted octanol–water partition coefficient (Wildman–Crippen LogP) is 3.53. The lowest BCUT2D eigenvalue weighted by molar-refractivity contribution is 0.415. The van der Waals surface area contributed by atoms with Gasteiger partial charge in [-0.3, -0.25) is 0 Å². The molecule has 3 nitrogen and oxygen atoms in total. The van der Waals surface area contributed by atoms with E-state index in [9.17, 15) is 8.42 Å². The standard InChI is InChI=1S/C17H16O3S2/c1-14(13-22(18,19)17-7-4-12-21-17)5-3-6-15-8-10-16(20-2)11-9-15/h4-5,7-12H,13H2,1-2H3/b14-5-. The zero-order chi connectivity index (χ0) is 16.0. The van der Waals surface area contributed by atoms with Crippen LogP contribution in [0.2, 0.25) is 0 Å². The van der Waals surface area contributed by atoms with E-state index in [-0.39, 0.29) is 5.75 Å². The van der Waals surface area contributed by atoms with Gasteiger partial charge in [0, 0.05) is 5.56 Å². The minimum absolute atomic E-state index is 0.00912. The maximum absolute atomic E-state index is 12.1. The number of hydrogen-bond donors (Lipinski definition) is 0. The zero-order valence-electron chi connectivity index (χ0n) is 12.4. The molecule has 0 aliphatic rings. The maximum Gasteiger partial charge on any atom is 0.191 e. The Balaban J connectivity index is 2.05. The molecule has 2 aromatic rings. The highest BCUT2D eigenvalue weighted by Gasteiger charge is 2.15. The summed E-state index contributed by atoms with van der Waals surface area (Å²) in [5, 5.41) is 1.76. The van der Waals surface area contributed by atoms with E-state index < -0.39 is 9.84 Å². The van der Waals surface area contributed by atoms with Gasteiger partial charge in [-0.15, -0.1) is 11.3 Å². The molecule has 2 rings (SSSR count). The molecule has 0 bridgehead atoms. The van der Waals surface area contributed by atoms with Gasteiger partial charge >= 0.3 is 0 Å². The van der Waals surface area contributed by atoms with Crippen molar-refractivity contribution in [3.63, 3.8) is 0 Å². The Kier molecular flexibility index (Phi) is 5.42. The van der Waals surface area contributed by atoms with Crippen LogP contribution in [0.3, 0.4) is 0 Å². The van der Waals surface area contributed by atoms with Crippen LogP contribution in [0.1, 0.15) is 12.5 Å². The highest BCUT2D eigenvalue weighted by molar-refractivity contribution is 7.93. The molecule has 114 valence electrons. The summed E-state index contributed by atoms with van der Waals surface area (Å²) in [7, 11) is -1.64. The van der Waals surface area contributed by atoms with Gasteiger partial charge in [-0.2, -0.15) is 0 Å². The Labute approximate surface area is 135 Å². The van der Waals surface area contributed by atoms with Crippen molar-refractivity contribution in [3.8, 4) is 17.6 Å². The second-order valence-corrected chi connectivity index (χ2v) is 7.84. The zero-order valence-corrected chi connectivity index (χ0v) is 14.0. The fraction of sp³-hybridized carbons (Fsp3) is 0.176. The normalized spacial score (nSPS) is 11.6. The largest absolute Gasteiger partial charge is 0.497 e. The minimum atomic E-state index is -3.25. The molecule has 1 heterocycles. The molecule has 0 atom stereocenters. The van der Waals surface area contributed by atoms with E-state index in [2.05, 4.69) is 11.8 Å². The quantitative estimate of drug-likeness (QED) is 0.805. The molecular weight excluding hydrogens is 316 g/mol. The van der Waals surface area contributed by atoms with Gasteiger partial charge in [-0.1, -0.05) is 17.9 Å². The van der Waals surface area contributed by atoms with E-state index in [0.717, 1.165) is 16.9 Å². The number of benzene rings is 1. The van der Waals surface area contributed by atoms with Crippen molar-refractivity contribution in [2.45, 2.75) is 11.1 Å². The molecule has 22 heavy (non-hydrogen) atoms. The summed E-state index contributed by atoms with van der Waals surface area (Å²) in [6, 6.07) is 10.7. The van der Waals surface area contributed by atoms with Crippen molar-refractivity contribution in [2.24, 2.45) is 0 Å². The summed E-state index contributed by atoms with van der Waals surface area (Å²) >= 11 is 1.23. The topological polar surface area (TPSA) is 43.4 Å². The molecule has 0 aliphatic heterocycles. The molecule has 0 fully saturated rings. The summed E-state index contributed by atoms with van der Waals surface area (Å²) < 4.78 is 29.7. The molecular formula is C17H16O3S2. The number of ether oxygens (including phenoxy) is 1. The Morgan fingerprint density at radius 2 is 2.00 bits per heavy atom. The molecule has 0 amide bonds. The van der Waals surface area contributed by atoms with Gasteiger partial charge in [0.1, 0.15) is 9.96 Å². The van der Waals surface area contributed by atoms with Crippen LogP contribution in [-0.2, 0) is 9.84 Å². The van der Waals surface area contributed by atoms with Gasteiger partial charge in [-0.05, 0) is 54.3 Å². The number of rotatable bonds is 4. The summed E-state index contributed by atoms with van der Waals surface area (Å²) in [6.45, 7) is 1.77. The number of hydrogen-bond acceptors (Lipinski definition) is 4. The van der Waals surface area contributed by atoms with Crippen LogP contribution >= 0.6 is 11.3 Å². The first-order valence-electron chi connectivity index (χ1n) is 6.59. The van der Waals surface area contributed by atoms with Crippen LogP contribution in [0.4, 0.5) is 0 Å². The molecule has 5 heteroatoms. The Bertz CT molecular complexity index is 803. The van der Waals surface area contributed by atoms with Crippen LogP contribution < -0.4 is 4.74 Å². The number of sulfone groups is 1. The number of methoxy groups -OCH3 is 1. The van der Waals surface area contributed by atoms with Gasteiger partial charge in [-0.25, -0.2) is 8.42 Å². The van der Waals surface area contributed by atoms with Crippen LogP contribution in [0, 0.1) is 11.8 Å². The van der Waals surface area contributed by atoms with Gasteiger partial charge in [0.25, 0.3) is 0 Å². The molecule has 0 spiro atoms. The Morgan fingerprint density at radius 3 is 2.59 bits per heavy atom. The van der Waals surface area contributed by atoms with E-state index in [1.54, 1.807) is 37.6 Å². The average Bonchev–Trinajstić information content (AvgIpc) is 3.02. The molecule has 0 aliphatic carbocycles. The smallest absolute Gasteiger partial charge is 0.191 e. The highest BCUT2D eigenvalue weighted by atomic mass is 32.2. The third kappa shape index (κ3) is 4.48. The van der Waals surface area contributed by atoms with Crippen molar-refractivity contribution in [2.75, 3.05) is 12.9 Å². The van der Waals surface area contributed by atoms with Crippen molar-refractivity contribution in [3.05, 3.63) is 59.0 Å². The Morgan fingerprint density at radius 1 is 1.27 bits per heavy atom. The van der Waals surface area contributed by atoms with Crippen molar-refractivity contribution >= 4 is 21.2 Å². The molecule has 0 radical (unpaired) electrons. The summed E-state index contributed by atoms with van der Waals surface area (Å²) in [6.07, 6.45) is 1.65. The van der Waals surface area contributed by atoms with Crippen molar-refractivity contribution in [1.29, 1.82) is 0 Å². The van der Waals surface area contributed by atoms with E-state index in [1.165, 1.54) is 11.3 Å². The van der Waals surface area contributed by atoms with Gasteiger partial charge in [0.15, 0.2) is 9.84 Å². The van der Waals surface area contributed by atoms with E-state index in [1.807, 2.05) is 24.3 Å². The van der Waals surface area contributed by atoms with Crippen LogP contribution in [-0.4, -0.2) is 21.3 Å². The first kappa shape index (κ1) is 16.3. The third-order valence-corrected chi connectivity index (χ3v) is 6.14. The molecule has 1 aromatic heterocycles. The van der Waals surface area contributed by atoms with Gasteiger partial charge in [0.2, 0.25) is 0 Å². The maximum atomic E-state index is 12.1. The Hall–Kier alpha value is -2.03. The minimum Gasteiger partial charge on any atom is -0.497 e. The second kappa shape index (κ2) is 7.30. The molecule has 0 N–H and O–H groups in total. The first-order valence-corrected chi connectivity index (χ1v) is 9.12. The van der Waals surface area contributed by atoms with E-state index in [0.29, 0.717) is 4.21 Å². The molecule has 0 unspecified atom stereocenters. The average molecular weight is 332 g/mol. The van der Waals surface area contributed by atoms with Crippen molar-refractivity contribution in [1.82, 2.24) is 0 Å². The number of allylic oxidation sites excluding steroid dienone is 1.